The summed E-state index contributed by atoms with van der Waals surface area (Å²) in [6.07, 6.45) is 0. The largest absolute Gasteiger partial charge is 0.446 e. The zero-order valence-electron chi connectivity index (χ0n) is 7.62. The van der Waals surface area contributed by atoms with E-state index in [-0.39, 0.29) is 5.00 Å². The second-order valence-corrected chi connectivity index (χ2v) is 3.79. The van der Waals surface area contributed by atoms with Crippen molar-refractivity contribution in [1.29, 1.82) is 0 Å². The molecule has 0 aliphatic heterocycles. The highest BCUT2D eigenvalue weighted by Gasteiger charge is 2.10. The molecule has 1 aromatic carbocycles. The number of para-hydroxylation sites is 1. The van der Waals surface area contributed by atoms with Crippen molar-refractivity contribution in [3.8, 4) is 10.8 Å². The topological polar surface area (TPSA) is 52.4 Å². The summed E-state index contributed by atoms with van der Waals surface area (Å²) in [5, 5.41) is 11.0. The van der Waals surface area contributed by atoms with Gasteiger partial charge in [-0.1, -0.05) is 18.2 Å². The third-order valence-corrected chi connectivity index (χ3v) is 2.62. The molecule has 2 rings (SSSR count). The Balaban J connectivity index is 2.15. The molecule has 5 heteroatoms. The van der Waals surface area contributed by atoms with E-state index in [4.69, 9.17) is 4.74 Å². The minimum absolute atomic E-state index is 0.0842. The molecular formula is C10H7NO3S. The summed E-state index contributed by atoms with van der Waals surface area (Å²) in [7, 11) is 0. The predicted molar refractivity (Wildman–Crippen MR) is 57.5 cm³/mol. The molecule has 0 saturated heterocycles. The van der Waals surface area contributed by atoms with Gasteiger partial charge in [0.25, 0.3) is 0 Å². The number of hydrogen-bond acceptors (Lipinski definition) is 4. The van der Waals surface area contributed by atoms with Crippen LogP contribution in [0.5, 0.6) is 10.8 Å². The fourth-order valence-electron chi connectivity index (χ4n) is 1.07. The Morgan fingerprint density at radius 3 is 2.47 bits per heavy atom. The van der Waals surface area contributed by atoms with Gasteiger partial charge in [0, 0.05) is 6.07 Å². The van der Waals surface area contributed by atoms with E-state index in [0.29, 0.717) is 10.8 Å². The lowest BCUT2D eigenvalue weighted by Gasteiger charge is -1.99. The Labute approximate surface area is 89.9 Å². The van der Waals surface area contributed by atoms with Crippen molar-refractivity contribution >= 4 is 16.3 Å². The fraction of sp³-hybridized carbons (Fsp3) is 0. The fourth-order valence-corrected chi connectivity index (χ4v) is 1.76. The molecule has 4 nitrogen and oxygen atoms in total. The molecule has 0 fully saturated rings. The standard InChI is InChI=1S/C10H7NO3S/c12-11(13)9-6-7-10(15-9)14-8-4-2-1-3-5-8/h1-7H. The van der Waals surface area contributed by atoms with Crippen molar-refractivity contribution in [2.75, 3.05) is 0 Å². The summed E-state index contributed by atoms with van der Waals surface area (Å²) in [5.74, 6) is 0.675. The molecule has 0 unspecified atom stereocenters. The first-order chi connectivity index (χ1) is 7.25. The molecule has 0 bridgehead atoms. The van der Waals surface area contributed by atoms with Crippen molar-refractivity contribution in [3.05, 3.63) is 52.6 Å². The molecule has 0 spiro atoms. The van der Waals surface area contributed by atoms with E-state index < -0.39 is 4.92 Å². The number of ether oxygens (including phenoxy) is 1. The molecule has 0 N–H and O–H groups in total. The van der Waals surface area contributed by atoms with Gasteiger partial charge in [0.15, 0.2) is 5.06 Å². The van der Waals surface area contributed by atoms with E-state index >= 15 is 0 Å². The quantitative estimate of drug-likeness (QED) is 0.589. The zero-order chi connectivity index (χ0) is 10.7. The zero-order valence-corrected chi connectivity index (χ0v) is 8.44. The van der Waals surface area contributed by atoms with Gasteiger partial charge >= 0.3 is 5.00 Å². The number of nitro groups is 1. The lowest BCUT2D eigenvalue weighted by molar-refractivity contribution is -0.380. The summed E-state index contributed by atoms with van der Waals surface area (Å²) >= 11 is 1.01. The predicted octanol–water partition coefficient (Wildman–Crippen LogP) is 3.45. The molecule has 0 amide bonds. The molecule has 0 radical (unpaired) electrons. The van der Waals surface area contributed by atoms with E-state index in [9.17, 15) is 10.1 Å². The average molecular weight is 221 g/mol. The van der Waals surface area contributed by atoms with Crippen LogP contribution in [0.15, 0.2) is 42.5 Å². The molecule has 15 heavy (non-hydrogen) atoms. The van der Waals surface area contributed by atoms with Crippen LogP contribution in [0.3, 0.4) is 0 Å². The van der Waals surface area contributed by atoms with Crippen LogP contribution in [0.4, 0.5) is 5.00 Å². The molecular weight excluding hydrogens is 214 g/mol. The maximum atomic E-state index is 10.4. The van der Waals surface area contributed by atoms with Gasteiger partial charge in [0.1, 0.15) is 5.75 Å². The van der Waals surface area contributed by atoms with Gasteiger partial charge in [-0.2, -0.15) is 0 Å². The molecule has 76 valence electrons. The maximum Gasteiger partial charge on any atom is 0.327 e. The van der Waals surface area contributed by atoms with E-state index in [2.05, 4.69) is 0 Å². The molecule has 0 saturated carbocycles. The lowest BCUT2D eigenvalue weighted by Crippen LogP contribution is -1.81. The normalized spacial score (nSPS) is 9.87. The molecule has 2 aromatic rings. The molecule has 0 aliphatic carbocycles. The van der Waals surface area contributed by atoms with Crippen LogP contribution in [0, 0.1) is 10.1 Å². The lowest BCUT2D eigenvalue weighted by atomic mass is 10.3. The maximum absolute atomic E-state index is 10.4. The summed E-state index contributed by atoms with van der Waals surface area (Å²) in [6, 6.07) is 12.2. The van der Waals surface area contributed by atoms with Crippen molar-refractivity contribution in [3.63, 3.8) is 0 Å². The van der Waals surface area contributed by atoms with Gasteiger partial charge < -0.3 is 4.74 Å². The first kappa shape index (κ1) is 9.67. The van der Waals surface area contributed by atoms with E-state index in [1.165, 1.54) is 6.07 Å². The average Bonchev–Trinajstić information content (AvgIpc) is 2.68. The van der Waals surface area contributed by atoms with Crippen LogP contribution in [0.1, 0.15) is 0 Å². The van der Waals surface area contributed by atoms with Crippen LogP contribution in [0.25, 0.3) is 0 Å². The van der Waals surface area contributed by atoms with Crippen LogP contribution >= 0.6 is 11.3 Å². The van der Waals surface area contributed by atoms with Gasteiger partial charge in [-0.15, -0.1) is 0 Å². The molecule has 0 aliphatic rings. The Morgan fingerprint density at radius 1 is 1.13 bits per heavy atom. The minimum atomic E-state index is -0.428. The van der Waals surface area contributed by atoms with E-state index in [1.54, 1.807) is 18.2 Å². The molecule has 0 atom stereocenters. The van der Waals surface area contributed by atoms with Crippen LogP contribution in [-0.2, 0) is 0 Å². The summed E-state index contributed by atoms with van der Waals surface area (Å²) in [5.41, 5.74) is 0. The van der Waals surface area contributed by atoms with Gasteiger partial charge in [-0.05, 0) is 29.5 Å². The number of hydrogen-bond donors (Lipinski definition) is 0. The minimum Gasteiger partial charge on any atom is -0.446 e. The number of rotatable bonds is 3. The SMILES string of the molecule is O=[N+]([O-])c1ccc(Oc2ccccc2)s1. The Kier molecular flexibility index (Phi) is 2.64. The first-order valence-electron chi connectivity index (χ1n) is 4.23. The first-order valence-corrected chi connectivity index (χ1v) is 5.04. The van der Waals surface area contributed by atoms with Gasteiger partial charge in [-0.3, -0.25) is 10.1 Å². The number of nitrogens with zero attached hydrogens (tertiary/aromatic N) is 1. The van der Waals surface area contributed by atoms with Crippen LogP contribution in [-0.4, -0.2) is 4.92 Å². The second kappa shape index (κ2) is 4.10. The highest BCUT2D eigenvalue weighted by Crippen LogP contribution is 2.33. The van der Waals surface area contributed by atoms with Crippen molar-refractivity contribution in [2.24, 2.45) is 0 Å². The molecule has 1 heterocycles. The number of thiophene rings is 1. The summed E-state index contributed by atoms with van der Waals surface area (Å²) < 4.78 is 5.42. The Bertz CT molecular complexity index is 467. The third-order valence-electron chi connectivity index (χ3n) is 1.71. The van der Waals surface area contributed by atoms with Crippen molar-refractivity contribution in [1.82, 2.24) is 0 Å². The Morgan fingerprint density at radius 2 is 1.87 bits per heavy atom. The third kappa shape index (κ3) is 2.32. The summed E-state index contributed by atoms with van der Waals surface area (Å²) in [6.45, 7) is 0. The number of benzene rings is 1. The Hall–Kier alpha value is -1.88. The monoisotopic (exact) mass is 221 g/mol. The van der Waals surface area contributed by atoms with Gasteiger partial charge in [-0.25, -0.2) is 0 Å². The molecule has 1 aromatic heterocycles. The van der Waals surface area contributed by atoms with Crippen molar-refractivity contribution in [2.45, 2.75) is 0 Å². The second-order valence-electron chi connectivity index (χ2n) is 2.76. The highest BCUT2D eigenvalue weighted by molar-refractivity contribution is 7.17. The van der Waals surface area contributed by atoms with E-state index in [1.807, 2.05) is 18.2 Å². The van der Waals surface area contributed by atoms with Crippen molar-refractivity contribution < 1.29 is 9.66 Å². The van der Waals surface area contributed by atoms with E-state index in [0.717, 1.165) is 11.3 Å². The van der Waals surface area contributed by atoms with Gasteiger partial charge in [0.05, 0.1) is 4.92 Å². The highest BCUT2D eigenvalue weighted by atomic mass is 32.1. The van der Waals surface area contributed by atoms with Crippen LogP contribution in [0.2, 0.25) is 0 Å². The van der Waals surface area contributed by atoms with Gasteiger partial charge in [0.2, 0.25) is 0 Å². The van der Waals surface area contributed by atoms with Crippen LogP contribution < -0.4 is 4.74 Å². The smallest absolute Gasteiger partial charge is 0.327 e. The summed E-state index contributed by atoms with van der Waals surface area (Å²) in [4.78, 5) is 10.00.